The van der Waals surface area contributed by atoms with E-state index in [9.17, 15) is 4.79 Å². The first kappa shape index (κ1) is 16.2. The number of anilines is 1. The van der Waals surface area contributed by atoms with Gasteiger partial charge in [0.15, 0.2) is 5.65 Å². The van der Waals surface area contributed by atoms with Crippen LogP contribution in [-0.4, -0.2) is 31.5 Å². The van der Waals surface area contributed by atoms with Crippen LogP contribution in [0, 0.1) is 0 Å². The van der Waals surface area contributed by atoms with Crippen LogP contribution in [0.2, 0.25) is 5.02 Å². The molecule has 0 aliphatic rings. The number of carbonyl (C=O) groups is 1. The molecule has 3 aromatic rings. The van der Waals surface area contributed by atoms with E-state index in [-0.39, 0.29) is 11.9 Å². The van der Waals surface area contributed by atoms with Crippen LogP contribution in [0.4, 0.5) is 5.82 Å². The molecule has 0 saturated carbocycles. The summed E-state index contributed by atoms with van der Waals surface area (Å²) in [4.78, 5) is 20.9. The molecule has 0 aliphatic carbocycles. The first-order valence-electron chi connectivity index (χ1n) is 7.53. The minimum absolute atomic E-state index is 0.0417. The molecule has 3 aromatic heterocycles. The third kappa shape index (κ3) is 3.46. The number of hydrogen-bond acceptors (Lipinski definition) is 5. The van der Waals surface area contributed by atoms with Crippen LogP contribution in [-0.2, 0) is 6.54 Å². The van der Waals surface area contributed by atoms with Crippen molar-refractivity contribution >= 4 is 29.0 Å². The zero-order valence-corrected chi connectivity index (χ0v) is 14.1. The molecule has 0 radical (unpaired) electrons. The summed E-state index contributed by atoms with van der Waals surface area (Å²) >= 11 is 6.09. The molecule has 1 amide bonds. The lowest BCUT2D eigenvalue weighted by atomic mass is 10.3. The summed E-state index contributed by atoms with van der Waals surface area (Å²) < 4.78 is 1.56. The zero-order valence-electron chi connectivity index (χ0n) is 13.3. The molecule has 0 unspecified atom stereocenters. The van der Waals surface area contributed by atoms with Crippen LogP contribution in [0.15, 0.2) is 36.8 Å². The van der Waals surface area contributed by atoms with Gasteiger partial charge in [0, 0.05) is 18.4 Å². The minimum Gasteiger partial charge on any atom is -0.364 e. The lowest BCUT2D eigenvalue weighted by Gasteiger charge is -2.08. The van der Waals surface area contributed by atoms with Crippen LogP contribution < -0.4 is 10.6 Å². The lowest BCUT2D eigenvalue weighted by Crippen LogP contribution is -2.30. The van der Waals surface area contributed by atoms with Gasteiger partial charge in [0.1, 0.15) is 11.4 Å². The maximum absolute atomic E-state index is 12.2. The maximum atomic E-state index is 12.2. The third-order valence-corrected chi connectivity index (χ3v) is 3.65. The van der Waals surface area contributed by atoms with Gasteiger partial charge in [-0.2, -0.15) is 5.10 Å². The van der Waals surface area contributed by atoms with Crippen LogP contribution in [0.3, 0.4) is 0 Å². The Kier molecular flexibility index (Phi) is 4.61. The second-order valence-electron chi connectivity index (χ2n) is 5.55. The SMILES string of the molecule is CC(C)NC(=O)c1cnn2ccc(NCc3ncccc3Cl)nc12. The first-order chi connectivity index (χ1) is 11.5. The van der Waals surface area contributed by atoms with Gasteiger partial charge in [-0.15, -0.1) is 0 Å². The number of nitrogens with zero attached hydrogens (tertiary/aromatic N) is 4. The van der Waals surface area contributed by atoms with E-state index in [4.69, 9.17) is 11.6 Å². The molecule has 24 heavy (non-hydrogen) atoms. The van der Waals surface area contributed by atoms with Gasteiger partial charge >= 0.3 is 0 Å². The van der Waals surface area contributed by atoms with Crippen LogP contribution in [0.1, 0.15) is 29.9 Å². The Bertz CT molecular complexity index is 876. The van der Waals surface area contributed by atoms with Crippen molar-refractivity contribution in [1.82, 2.24) is 24.9 Å². The molecule has 0 bridgehead atoms. The predicted octanol–water partition coefficient (Wildman–Crippen LogP) is 2.53. The molecular formula is C16H17ClN6O. The van der Waals surface area contributed by atoms with Gasteiger partial charge in [-0.25, -0.2) is 9.50 Å². The highest BCUT2D eigenvalue weighted by Crippen LogP contribution is 2.15. The van der Waals surface area contributed by atoms with Gasteiger partial charge in [-0.3, -0.25) is 9.78 Å². The second kappa shape index (κ2) is 6.84. The van der Waals surface area contributed by atoms with Crippen LogP contribution in [0.25, 0.3) is 5.65 Å². The first-order valence-corrected chi connectivity index (χ1v) is 7.91. The van der Waals surface area contributed by atoms with Gasteiger partial charge in [0.2, 0.25) is 0 Å². The fourth-order valence-corrected chi connectivity index (χ4v) is 2.38. The number of halogens is 1. The minimum atomic E-state index is -0.197. The molecular weight excluding hydrogens is 328 g/mol. The quantitative estimate of drug-likeness (QED) is 0.743. The standard InChI is InChI=1S/C16H17ClN6O/c1-10(2)21-16(24)11-8-20-23-7-5-14(22-15(11)23)19-9-13-12(17)4-3-6-18-13/h3-8,10H,9H2,1-2H3,(H,19,22)(H,21,24). The summed E-state index contributed by atoms with van der Waals surface area (Å²) in [6.45, 7) is 4.24. The Morgan fingerprint density at radius 1 is 1.38 bits per heavy atom. The molecule has 8 heteroatoms. The van der Waals surface area contributed by atoms with E-state index in [2.05, 4.69) is 25.7 Å². The number of nitrogens with one attached hydrogen (secondary N) is 2. The highest BCUT2D eigenvalue weighted by molar-refractivity contribution is 6.31. The molecule has 3 heterocycles. The van der Waals surface area contributed by atoms with Crippen molar-refractivity contribution in [2.24, 2.45) is 0 Å². The average Bonchev–Trinajstić information content (AvgIpc) is 2.96. The maximum Gasteiger partial charge on any atom is 0.256 e. The molecule has 0 spiro atoms. The molecule has 0 aliphatic heterocycles. The molecule has 124 valence electrons. The number of aromatic nitrogens is 4. The molecule has 7 nitrogen and oxygen atoms in total. The number of hydrogen-bond donors (Lipinski definition) is 2. The topological polar surface area (TPSA) is 84.2 Å². The normalized spacial score (nSPS) is 11.0. The van der Waals surface area contributed by atoms with Gasteiger partial charge in [-0.1, -0.05) is 11.6 Å². The number of fused-ring (bicyclic) bond motifs is 1. The monoisotopic (exact) mass is 344 g/mol. The van der Waals surface area contributed by atoms with Crippen LogP contribution in [0.5, 0.6) is 0 Å². The van der Waals surface area contributed by atoms with Crippen molar-refractivity contribution in [2.45, 2.75) is 26.4 Å². The van der Waals surface area contributed by atoms with Crippen molar-refractivity contribution in [1.29, 1.82) is 0 Å². The molecule has 0 fully saturated rings. The summed E-state index contributed by atoms with van der Waals surface area (Å²) in [5, 5.41) is 10.7. The third-order valence-electron chi connectivity index (χ3n) is 3.31. The molecule has 0 aromatic carbocycles. The van der Waals surface area contributed by atoms with E-state index >= 15 is 0 Å². The Morgan fingerprint density at radius 3 is 2.96 bits per heavy atom. The summed E-state index contributed by atoms with van der Waals surface area (Å²) in [7, 11) is 0. The van der Waals surface area contributed by atoms with Gasteiger partial charge in [-0.05, 0) is 32.0 Å². The van der Waals surface area contributed by atoms with Gasteiger partial charge in [0.05, 0.1) is 23.5 Å². The average molecular weight is 345 g/mol. The van der Waals surface area contributed by atoms with E-state index in [0.717, 1.165) is 5.69 Å². The fourth-order valence-electron chi connectivity index (χ4n) is 2.19. The Balaban J connectivity index is 1.82. The Hall–Kier alpha value is -2.67. The van der Waals surface area contributed by atoms with Crippen molar-refractivity contribution in [3.63, 3.8) is 0 Å². The van der Waals surface area contributed by atoms with Crippen molar-refractivity contribution in [3.8, 4) is 0 Å². The second-order valence-corrected chi connectivity index (χ2v) is 5.96. The molecule has 0 atom stereocenters. The zero-order chi connectivity index (χ0) is 17.1. The summed E-state index contributed by atoms with van der Waals surface area (Å²) in [5.74, 6) is 0.417. The number of amides is 1. The fraction of sp³-hybridized carbons (Fsp3) is 0.250. The van der Waals surface area contributed by atoms with E-state index in [0.29, 0.717) is 28.6 Å². The van der Waals surface area contributed by atoms with E-state index < -0.39 is 0 Å². The van der Waals surface area contributed by atoms with E-state index in [1.54, 1.807) is 35.1 Å². The largest absolute Gasteiger partial charge is 0.364 e. The smallest absolute Gasteiger partial charge is 0.256 e. The Morgan fingerprint density at radius 2 is 2.21 bits per heavy atom. The Labute approximate surface area is 144 Å². The summed E-state index contributed by atoms with van der Waals surface area (Å²) in [5.41, 5.74) is 1.65. The summed E-state index contributed by atoms with van der Waals surface area (Å²) in [6.07, 6.45) is 4.95. The number of carbonyl (C=O) groups excluding carboxylic acids is 1. The van der Waals surface area contributed by atoms with Crippen molar-refractivity contribution < 1.29 is 4.79 Å². The molecule has 2 N–H and O–H groups in total. The number of rotatable bonds is 5. The number of pyridine rings is 1. The molecule has 0 saturated heterocycles. The van der Waals surface area contributed by atoms with Crippen molar-refractivity contribution in [2.75, 3.05) is 5.32 Å². The van der Waals surface area contributed by atoms with Gasteiger partial charge < -0.3 is 10.6 Å². The predicted molar refractivity (Wildman–Crippen MR) is 92.2 cm³/mol. The highest BCUT2D eigenvalue weighted by Gasteiger charge is 2.15. The van der Waals surface area contributed by atoms with Gasteiger partial charge in [0.25, 0.3) is 5.91 Å². The summed E-state index contributed by atoms with van der Waals surface area (Å²) in [6, 6.07) is 5.39. The highest BCUT2D eigenvalue weighted by atomic mass is 35.5. The van der Waals surface area contributed by atoms with E-state index in [1.165, 1.54) is 6.20 Å². The van der Waals surface area contributed by atoms with Crippen molar-refractivity contribution in [3.05, 3.63) is 53.1 Å². The lowest BCUT2D eigenvalue weighted by molar-refractivity contribution is 0.0944. The van der Waals surface area contributed by atoms with E-state index in [1.807, 2.05) is 13.8 Å². The molecule has 3 rings (SSSR count). The van der Waals surface area contributed by atoms with Crippen LogP contribution >= 0.6 is 11.6 Å².